The van der Waals surface area contributed by atoms with Crippen LogP contribution in [0.2, 0.25) is 0 Å². The number of nitrogens with zero attached hydrogens (tertiary/aromatic N) is 2. The topological polar surface area (TPSA) is 39.7 Å². The summed E-state index contributed by atoms with van der Waals surface area (Å²) < 4.78 is 0. The number of nitrogens with one attached hydrogen (secondary N) is 2. The van der Waals surface area contributed by atoms with Crippen LogP contribution < -0.4 is 10.6 Å². The van der Waals surface area contributed by atoms with E-state index in [4.69, 9.17) is 0 Å². The van der Waals surface area contributed by atoms with E-state index in [1.165, 1.54) is 4.88 Å². The lowest BCUT2D eigenvalue weighted by Gasteiger charge is -2.22. The van der Waals surface area contributed by atoms with E-state index in [1.807, 2.05) is 18.4 Å². The van der Waals surface area contributed by atoms with Crippen molar-refractivity contribution >= 4 is 17.3 Å². The fourth-order valence-corrected chi connectivity index (χ4v) is 3.69. The first kappa shape index (κ1) is 17.3. The first-order valence-corrected chi connectivity index (χ1v) is 9.13. The summed E-state index contributed by atoms with van der Waals surface area (Å²) in [6, 6.07) is 5.41. The fourth-order valence-electron chi connectivity index (χ4n) is 2.91. The molecule has 2 rings (SSSR count). The van der Waals surface area contributed by atoms with E-state index in [1.54, 1.807) is 0 Å². The monoisotopic (exact) mass is 322 g/mol. The van der Waals surface area contributed by atoms with Crippen LogP contribution in [0.15, 0.2) is 22.5 Å². The molecule has 1 aromatic heterocycles. The second kappa shape index (κ2) is 7.97. The maximum atomic E-state index is 4.39. The Morgan fingerprint density at radius 2 is 2.18 bits per heavy atom. The molecule has 5 heteroatoms. The van der Waals surface area contributed by atoms with Crippen LogP contribution in [0.1, 0.15) is 38.5 Å². The van der Waals surface area contributed by atoms with Gasteiger partial charge in [-0.1, -0.05) is 19.9 Å². The molecule has 1 aliphatic heterocycles. The van der Waals surface area contributed by atoms with E-state index in [-0.39, 0.29) is 0 Å². The highest BCUT2D eigenvalue weighted by Crippen LogP contribution is 2.20. The van der Waals surface area contributed by atoms with Crippen LogP contribution in [0.3, 0.4) is 0 Å². The minimum atomic E-state index is 0.477. The van der Waals surface area contributed by atoms with Crippen molar-refractivity contribution < 1.29 is 0 Å². The quantitative estimate of drug-likeness (QED) is 0.647. The standard InChI is InChI=1S/C17H30N4S/c1-12(2)21-10-14(4)15(11-21)20-17(18-5)19-9-13(3)16-7-6-8-22-16/h6-8,12-15H,9-11H2,1-5H3,(H2,18,19,20). The van der Waals surface area contributed by atoms with Gasteiger partial charge in [-0.25, -0.2) is 0 Å². The van der Waals surface area contributed by atoms with Crippen molar-refractivity contribution in [3.05, 3.63) is 22.4 Å². The third-order valence-electron chi connectivity index (χ3n) is 4.52. The van der Waals surface area contributed by atoms with E-state index in [9.17, 15) is 0 Å². The zero-order chi connectivity index (χ0) is 16.1. The minimum absolute atomic E-state index is 0.477. The Bertz CT molecular complexity index is 469. The van der Waals surface area contributed by atoms with Gasteiger partial charge in [-0.05, 0) is 31.2 Å². The summed E-state index contributed by atoms with van der Waals surface area (Å²) in [4.78, 5) is 8.34. The Kier molecular flexibility index (Phi) is 6.26. The van der Waals surface area contributed by atoms with Crippen molar-refractivity contribution in [1.82, 2.24) is 15.5 Å². The highest BCUT2D eigenvalue weighted by atomic mass is 32.1. The molecule has 1 fully saturated rings. The van der Waals surface area contributed by atoms with Gasteiger partial charge in [0.2, 0.25) is 0 Å². The number of guanidine groups is 1. The highest BCUT2D eigenvalue weighted by molar-refractivity contribution is 7.10. The van der Waals surface area contributed by atoms with Crippen molar-refractivity contribution in [2.75, 3.05) is 26.7 Å². The van der Waals surface area contributed by atoms with Crippen molar-refractivity contribution in [3.63, 3.8) is 0 Å². The molecule has 1 aromatic rings. The smallest absolute Gasteiger partial charge is 0.191 e. The Hall–Kier alpha value is -1.07. The lowest BCUT2D eigenvalue weighted by atomic mass is 10.1. The Balaban J connectivity index is 1.83. The van der Waals surface area contributed by atoms with Gasteiger partial charge in [-0.3, -0.25) is 9.89 Å². The van der Waals surface area contributed by atoms with Gasteiger partial charge < -0.3 is 10.6 Å². The molecule has 1 aliphatic rings. The van der Waals surface area contributed by atoms with Gasteiger partial charge in [0.1, 0.15) is 0 Å². The SMILES string of the molecule is CN=C(NCC(C)c1cccs1)NC1CN(C(C)C)CC1C. The number of likely N-dealkylation sites (tertiary alicyclic amines) is 1. The van der Waals surface area contributed by atoms with E-state index in [0.29, 0.717) is 23.9 Å². The first-order valence-electron chi connectivity index (χ1n) is 8.26. The lowest BCUT2D eigenvalue weighted by Crippen LogP contribution is -2.47. The van der Waals surface area contributed by atoms with E-state index >= 15 is 0 Å². The first-order chi connectivity index (χ1) is 10.5. The Morgan fingerprint density at radius 1 is 1.41 bits per heavy atom. The van der Waals surface area contributed by atoms with Crippen LogP contribution >= 0.6 is 11.3 Å². The molecule has 0 spiro atoms. The fraction of sp³-hybridized carbons (Fsp3) is 0.706. The largest absolute Gasteiger partial charge is 0.356 e. The van der Waals surface area contributed by atoms with Crippen molar-refractivity contribution in [1.29, 1.82) is 0 Å². The van der Waals surface area contributed by atoms with Crippen molar-refractivity contribution in [2.45, 2.75) is 45.7 Å². The number of hydrogen-bond donors (Lipinski definition) is 2. The number of hydrogen-bond acceptors (Lipinski definition) is 3. The van der Waals surface area contributed by atoms with Gasteiger partial charge in [-0.2, -0.15) is 0 Å². The van der Waals surface area contributed by atoms with Crippen molar-refractivity contribution in [3.8, 4) is 0 Å². The zero-order valence-corrected chi connectivity index (χ0v) is 15.3. The molecule has 3 unspecified atom stereocenters. The average molecular weight is 323 g/mol. The highest BCUT2D eigenvalue weighted by Gasteiger charge is 2.31. The summed E-state index contributed by atoms with van der Waals surface area (Å²) in [6.07, 6.45) is 0. The molecular formula is C17H30N4S. The summed E-state index contributed by atoms with van der Waals surface area (Å²) in [5.41, 5.74) is 0. The zero-order valence-electron chi connectivity index (χ0n) is 14.5. The number of rotatable bonds is 5. The van der Waals surface area contributed by atoms with Crippen LogP contribution in [0.4, 0.5) is 0 Å². The van der Waals surface area contributed by atoms with Crippen LogP contribution in [0.5, 0.6) is 0 Å². The molecule has 1 saturated heterocycles. The summed E-state index contributed by atoms with van der Waals surface area (Å²) in [5, 5.41) is 9.22. The third kappa shape index (κ3) is 4.46. The van der Waals surface area contributed by atoms with Crippen LogP contribution in [0.25, 0.3) is 0 Å². The lowest BCUT2D eigenvalue weighted by molar-refractivity contribution is 0.265. The molecule has 2 heterocycles. The summed E-state index contributed by atoms with van der Waals surface area (Å²) in [6.45, 7) is 12.3. The molecule has 22 heavy (non-hydrogen) atoms. The summed E-state index contributed by atoms with van der Waals surface area (Å²) in [7, 11) is 1.85. The van der Waals surface area contributed by atoms with E-state index in [2.05, 4.69) is 65.7 Å². The van der Waals surface area contributed by atoms with Crippen LogP contribution in [-0.2, 0) is 0 Å². The van der Waals surface area contributed by atoms with Crippen LogP contribution in [0, 0.1) is 5.92 Å². The van der Waals surface area contributed by atoms with E-state index < -0.39 is 0 Å². The van der Waals surface area contributed by atoms with Crippen LogP contribution in [-0.4, -0.2) is 49.6 Å². The molecule has 0 aromatic carbocycles. The number of thiophene rings is 1. The predicted molar refractivity (Wildman–Crippen MR) is 96.9 cm³/mol. The minimum Gasteiger partial charge on any atom is -0.356 e. The molecule has 0 saturated carbocycles. The Labute approximate surface area is 139 Å². The molecule has 0 amide bonds. The predicted octanol–water partition coefficient (Wildman–Crippen LogP) is 2.75. The second-order valence-electron chi connectivity index (χ2n) is 6.65. The molecule has 2 N–H and O–H groups in total. The molecule has 124 valence electrons. The van der Waals surface area contributed by atoms with Gasteiger partial charge in [0, 0.05) is 49.6 Å². The molecule has 0 aliphatic carbocycles. The molecule has 3 atom stereocenters. The van der Waals surface area contributed by atoms with Crippen molar-refractivity contribution in [2.24, 2.45) is 10.9 Å². The third-order valence-corrected chi connectivity index (χ3v) is 5.63. The van der Waals surface area contributed by atoms with Gasteiger partial charge in [0.25, 0.3) is 0 Å². The maximum absolute atomic E-state index is 4.39. The second-order valence-corrected chi connectivity index (χ2v) is 7.62. The van der Waals surface area contributed by atoms with Gasteiger partial charge in [0.05, 0.1) is 0 Å². The molecule has 0 radical (unpaired) electrons. The summed E-state index contributed by atoms with van der Waals surface area (Å²) in [5.74, 6) is 2.08. The van der Waals surface area contributed by atoms with Gasteiger partial charge in [-0.15, -0.1) is 11.3 Å². The van der Waals surface area contributed by atoms with E-state index in [0.717, 1.165) is 25.6 Å². The molecule has 4 nitrogen and oxygen atoms in total. The number of aliphatic imine (C=N–C) groups is 1. The Morgan fingerprint density at radius 3 is 2.73 bits per heavy atom. The molecular weight excluding hydrogens is 292 g/mol. The molecule has 0 bridgehead atoms. The maximum Gasteiger partial charge on any atom is 0.191 e. The average Bonchev–Trinajstić information content (AvgIpc) is 3.13. The normalized spacial score (nSPS) is 24.7. The van der Waals surface area contributed by atoms with Gasteiger partial charge in [0.15, 0.2) is 5.96 Å². The summed E-state index contributed by atoms with van der Waals surface area (Å²) >= 11 is 1.82. The van der Waals surface area contributed by atoms with Gasteiger partial charge >= 0.3 is 0 Å².